The van der Waals surface area contributed by atoms with Gasteiger partial charge in [0.25, 0.3) is 0 Å². The van der Waals surface area contributed by atoms with Gasteiger partial charge in [0, 0.05) is 16.6 Å². The molecule has 0 heterocycles. The third-order valence-electron chi connectivity index (χ3n) is 2.77. The van der Waals surface area contributed by atoms with Gasteiger partial charge in [0.2, 0.25) is 0 Å². The van der Waals surface area contributed by atoms with Crippen molar-refractivity contribution in [3.63, 3.8) is 0 Å². The van der Waals surface area contributed by atoms with E-state index in [-0.39, 0.29) is 11.9 Å². The molecule has 0 aliphatic rings. The molecule has 1 rings (SSSR count). The minimum atomic E-state index is -0.467. The Morgan fingerprint density at radius 2 is 2.12 bits per heavy atom. The maximum Gasteiger partial charge on any atom is 0.128 e. The van der Waals surface area contributed by atoms with Crippen molar-refractivity contribution in [2.75, 3.05) is 13.7 Å². The fraction of sp³-hybridized carbons (Fsp3) is 0.538. The van der Waals surface area contributed by atoms with Crippen molar-refractivity contribution in [1.82, 2.24) is 5.32 Å². The number of benzene rings is 1. The predicted octanol–water partition coefficient (Wildman–Crippen LogP) is 3.66. The molecule has 0 fully saturated rings. The van der Waals surface area contributed by atoms with Crippen molar-refractivity contribution in [2.24, 2.45) is 0 Å². The first-order valence-corrected chi connectivity index (χ1v) is 6.47. The van der Waals surface area contributed by atoms with Gasteiger partial charge in [-0.2, -0.15) is 0 Å². The number of likely N-dealkylation sites (N-methyl/N-ethyl adjacent to an activating group) is 1. The molecule has 1 atom stereocenters. The second kappa shape index (κ2) is 5.94. The summed E-state index contributed by atoms with van der Waals surface area (Å²) in [5.41, 5.74) is 0.144. The predicted molar refractivity (Wildman–Crippen MR) is 71.6 cm³/mol. The van der Waals surface area contributed by atoms with Crippen molar-refractivity contribution in [3.8, 4) is 0 Å². The van der Waals surface area contributed by atoms with Crippen LogP contribution in [-0.2, 0) is 4.74 Å². The van der Waals surface area contributed by atoms with Crippen LogP contribution in [0.2, 0.25) is 0 Å². The molecule has 17 heavy (non-hydrogen) atoms. The molecule has 1 unspecified atom stereocenters. The fourth-order valence-electron chi connectivity index (χ4n) is 2.07. The van der Waals surface area contributed by atoms with Crippen molar-refractivity contribution < 1.29 is 9.13 Å². The molecular formula is C13H19BrFNO. The van der Waals surface area contributed by atoms with Gasteiger partial charge in [0.15, 0.2) is 0 Å². The number of halogens is 2. The minimum Gasteiger partial charge on any atom is -0.374 e. The summed E-state index contributed by atoms with van der Waals surface area (Å²) in [6.45, 7) is 6.45. The molecule has 0 radical (unpaired) electrons. The van der Waals surface area contributed by atoms with E-state index in [0.717, 1.165) is 4.47 Å². The minimum absolute atomic E-state index is 0.194. The highest BCUT2D eigenvalue weighted by Crippen LogP contribution is 2.31. The van der Waals surface area contributed by atoms with Crippen molar-refractivity contribution in [2.45, 2.75) is 32.4 Å². The van der Waals surface area contributed by atoms with Gasteiger partial charge in [-0.05, 0) is 46.0 Å². The Kier molecular flexibility index (Phi) is 5.10. The number of nitrogens with one attached hydrogen (secondary N) is 1. The van der Waals surface area contributed by atoms with Crippen LogP contribution in [0.5, 0.6) is 0 Å². The number of ether oxygens (including phenoxy) is 1. The molecule has 0 saturated carbocycles. The summed E-state index contributed by atoms with van der Waals surface area (Å²) >= 11 is 3.36. The van der Waals surface area contributed by atoms with Gasteiger partial charge in [-0.25, -0.2) is 4.39 Å². The first-order valence-electron chi connectivity index (χ1n) is 5.68. The Labute approximate surface area is 111 Å². The average Bonchev–Trinajstić information content (AvgIpc) is 2.23. The van der Waals surface area contributed by atoms with Crippen LogP contribution in [0.25, 0.3) is 0 Å². The van der Waals surface area contributed by atoms with Crippen LogP contribution < -0.4 is 5.32 Å². The fourth-order valence-corrected chi connectivity index (χ4v) is 2.45. The van der Waals surface area contributed by atoms with E-state index in [9.17, 15) is 4.39 Å². The molecule has 1 aromatic carbocycles. The van der Waals surface area contributed by atoms with Crippen LogP contribution in [0.4, 0.5) is 4.39 Å². The van der Waals surface area contributed by atoms with E-state index in [1.54, 1.807) is 12.1 Å². The number of hydrogen-bond donors (Lipinski definition) is 1. The third kappa shape index (κ3) is 3.50. The Hall–Kier alpha value is -0.450. The van der Waals surface area contributed by atoms with Gasteiger partial charge in [0.1, 0.15) is 5.82 Å². The second-order valence-electron chi connectivity index (χ2n) is 4.42. The lowest BCUT2D eigenvalue weighted by Crippen LogP contribution is -2.40. The van der Waals surface area contributed by atoms with Crippen molar-refractivity contribution >= 4 is 15.9 Å². The third-order valence-corrected chi connectivity index (χ3v) is 3.26. The molecule has 0 aromatic heterocycles. The number of hydrogen-bond acceptors (Lipinski definition) is 2. The standard InChI is InChI=1S/C13H19BrFNO/c1-5-17-13(2,3)12(16-4)10-8-9(14)6-7-11(10)15/h6-8,12,16H,5H2,1-4H3. The first-order chi connectivity index (χ1) is 7.92. The normalized spacial score (nSPS) is 13.8. The number of rotatable bonds is 5. The molecule has 0 bridgehead atoms. The summed E-state index contributed by atoms with van der Waals surface area (Å²) in [6, 6.07) is 4.75. The molecule has 0 spiro atoms. The average molecular weight is 304 g/mol. The highest BCUT2D eigenvalue weighted by Gasteiger charge is 2.32. The monoisotopic (exact) mass is 303 g/mol. The van der Waals surface area contributed by atoms with Gasteiger partial charge in [-0.1, -0.05) is 15.9 Å². The zero-order chi connectivity index (χ0) is 13.1. The maximum absolute atomic E-state index is 13.9. The molecule has 96 valence electrons. The maximum atomic E-state index is 13.9. The van der Waals surface area contributed by atoms with Crippen LogP contribution in [0.3, 0.4) is 0 Å². The molecular weight excluding hydrogens is 285 g/mol. The topological polar surface area (TPSA) is 21.3 Å². The molecule has 1 N–H and O–H groups in total. The molecule has 0 amide bonds. The van der Waals surface area contributed by atoms with Crippen LogP contribution >= 0.6 is 15.9 Å². The Balaban J connectivity index is 3.13. The summed E-state index contributed by atoms with van der Waals surface area (Å²) in [7, 11) is 1.81. The summed E-state index contributed by atoms with van der Waals surface area (Å²) < 4.78 is 20.4. The van der Waals surface area contributed by atoms with Gasteiger partial charge in [0.05, 0.1) is 11.6 Å². The summed E-state index contributed by atoms with van der Waals surface area (Å²) in [6.07, 6.45) is 0. The van der Waals surface area contributed by atoms with E-state index in [1.165, 1.54) is 6.07 Å². The van der Waals surface area contributed by atoms with E-state index in [1.807, 2.05) is 27.8 Å². The molecule has 4 heteroatoms. The van der Waals surface area contributed by atoms with Gasteiger partial charge in [-0.15, -0.1) is 0 Å². The van der Waals surface area contributed by atoms with E-state index < -0.39 is 5.60 Å². The highest BCUT2D eigenvalue weighted by molar-refractivity contribution is 9.10. The van der Waals surface area contributed by atoms with Crippen LogP contribution in [-0.4, -0.2) is 19.3 Å². The zero-order valence-corrected chi connectivity index (χ0v) is 12.3. The SMILES string of the molecule is CCOC(C)(C)C(NC)c1cc(Br)ccc1F. The summed E-state index contributed by atoms with van der Waals surface area (Å²) in [5, 5.41) is 3.13. The lowest BCUT2D eigenvalue weighted by molar-refractivity contribution is -0.0382. The highest BCUT2D eigenvalue weighted by atomic mass is 79.9. The molecule has 1 aromatic rings. The molecule has 2 nitrogen and oxygen atoms in total. The van der Waals surface area contributed by atoms with Gasteiger partial charge in [-0.3, -0.25) is 0 Å². The Morgan fingerprint density at radius 1 is 1.47 bits per heavy atom. The smallest absolute Gasteiger partial charge is 0.128 e. The van der Waals surface area contributed by atoms with E-state index in [0.29, 0.717) is 12.2 Å². The molecule has 0 aliphatic carbocycles. The van der Waals surface area contributed by atoms with Crippen molar-refractivity contribution in [1.29, 1.82) is 0 Å². The Bertz CT molecular complexity index is 382. The van der Waals surface area contributed by atoms with Gasteiger partial charge >= 0.3 is 0 Å². The van der Waals surface area contributed by atoms with E-state index in [2.05, 4.69) is 21.2 Å². The van der Waals surface area contributed by atoms with E-state index in [4.69, 9.17) is 4.74 Å². The van der Waals surface area contributed by atoms with Gasteiger partial charge < -0.3 is 10.1 Å². The second-order valence-corrected chi connectivity index (χ2v) is 5.34. The van der Waals surface area contributed by atoms with Crippen LogP contribution in [0.1, 0.15) is 32.4 Å². The van der Waals surface area contributed by atoms with Crippen LogP contribution in [0.15, 0.2) is 22.7 Å². The largest absolute Gasteiger partial charge is 0.374 e. The lowest BCUT2D eigenvalue weighted by atomic mass is 9.91. The summed E-state index contributed by atoms with van der Waals surface area (Å²) in [5.74, 6) is -0.222. The molecule has 0 aliphatic heterocycles. The molecule has 0 saturated heterocycles. The first kappa shape index (κ1) is 14.6. The summed E-state index contributed by atoms with van der Waals surface area (Å²) in [4.78, 5) is 0. The zero-order valence-electron chi connectivity index (χ0n) is 10.7. The quantitative estimate of drug-likeness (QED) is 0.896. The Morgan fingerprint density at radius 3 is 2.65 bits per heavy atom. The van der Waals surface area contributed by atoms with Crippen LogP contribution in [0, 0.1) is 5.82 Å². The van der Waals surface area contributed by atoms with E-state index >= 15 is 0 Å². The lowest BCUT2D eigenvalue weighted by Gasteiger charge is -2.34. The van der Waals surface area contributed by atoms with Crippen molar-refractivity contribution in [3.05, 3.63) is 34.1 Å².